The number of aromatic nitrogens is 3. The maximum Gasteiger partial charge on any atom is 0.187 e. The zero-order valence-electron chi connectivity index (χ0n) is 15.3. The second-order valence-corrected chi connectivity index (χ2v) is 7.25. The van der Waals surface area contributed by atoms with Crippen LogP contribution in [0, 0.1) is 5.82 Å². The fraction of sp³-hybridized carbons (Fsp3) is 0.174. The third kappa shape index (κ3) is 2.89. The normalized spacial score (nSPS) is 16.3. The van der Waals surface area contributed by atoms with Crippen LogP contribution < -0.4 is 4.57 Å². The maximum absolute atomic E-state index is 13.6. The summed E-state index contributed by atoms with van der Waals surface area (Å²) in [6.45, 7) is 0.775. The van der Waals surface area contributed by atoms with Crippen LogP contribution in [0.5, 0.6) is 0 Å². The molecule has 4 nitrogen and oxygen atoms in total. The lowest BCUT2D eigenvalue weighted by atomic mass is 9.87. The van der Waals surface area contributed by atoms with E-state index >= 15 is 0 Å². The summed E-state index contributed by atoms with van der Waals surface area (Å²) in [7, 11) is 0. The second-order valence-electron chi connectivity index (χ2n) is 7.25. The van der Waals surface area contributed by atoms with Gasteiger partial charge in [0.1, 0.15) is 11.9 Å². The van der Waals surface area contributed by atoms with Crippen molar-refractivity contribution < 1.29 is 13.8 Å². The molecule has 1 atom stereocenters. The van der Waals surface area contributed by atoms with Gasteiger partial charge in [0, 0.05) is 17.2 Å². The van der Waals surface area contributed by atoms with E-state index in [4.69, 9.17) is 0 Å². The average Bonchev–Trinajstić information content (AvgIpc) is 3.12. The lowest BCUT2D eigenvalue weighted by Crippen LogP contribution is -2.33. The van der Waals surface area contributed by atoms with Crippen LogP contribution in [0.25, 0.3) is 10.9 Å². The molecule has 0 bridgehead atoms. The molecule has 2 aromatic heterocycles. The molecule has 5 heteroatoms. The summed E-state index contributed by atoms with van der Waals surface area (Å²) < 4.78 is 17.5. The van der Waals surface area contributed by atoms with Crippen molar-refractivity contribution in [3.63, 3.8) is 0 Å². The molecule has 138 valence electrons. The molecule has 4 aromatic rings. The van der Waals surface area contributed by atoms with E-state index in [1.165, 1.54) is 17.7 Å². The van der Waals surface area contributed by atoms with Gasteiger partial charge in [0.15, 0.2) is 24.7 Å². The van der Waals surface area contributed by atoms with Crippen molar-refractivity contribution in [3.8, 4) is 0 Å². The Kier molecular flexibility index (Phi) is 4.01. The predicted octanol–water partition coefficient (Wildman–Crippen LogP) is 3.88. The van der Waals surface area contributed by atoms with Crippen molar-refractivity contribution in [1.82, 2.24) is 9.78 Å². The number of benzene rings is 2. The van der Waals surface area contributed by atoms with E-state index in [1.807, 2.05) is 36.7 Å². The van der Waals surface area contributed by atoms with Crippen molar-refractivity contribution in [3.05, 3.63) is 95.7 Å². The number of halogens is 1. The zero-order valence-corrected chi connectivity index (χ0v) is 15.3. The van der Waals surface area contributed by atoms with E-state index in [1.54, 1.807) is 16.9 Å². The summed E-state index contributed by atoms with van der Waals surface area (Å²) in [4.78, 5) is 13.0. The first-order valence-electron chi connectivity index (χ1n) is 9.42. The molecule has 0 saturated carbocycles. The summed E-state index contributed by atoms with van der Waals surface area (Å²) in [5.41, 5.74) is 3.54. The molecule has 0 amide bonds. The Hall–Kier alpha value is -3.34. The summed E-state index contributed by atoms with van der Waals surface area (Å²) in [6, 6.07) is 16.3. The van der Waals surface area contributed by atoms with Crippen LogP contribution in [-0.2, 0) is 13.0 Å². The number of pyridine rings is 1. The van der Waals surface area contributed by atoms with E-state index in [9.17, 15) is 9.18 Å². The largest absolute Gasteiger partial charge is 0.292 e. The lowest BCUT2D eigenvalue weighted by Gasteiger charge is -2.24. The number of carbonyl (C=O) groups is 1. The molecule has 5 rings (SSSR count). The van der Waals surface area contributed by atoms with Crippen molar-refractivity contribution in [2.45, 2.75) is 25.4 Å². The fourth-order valence-electron chi connectivity index (χ4n) is 4.02. The number of hydrogen-bond donors (Lipinski definition) is 0. The van der Waals surface area contributed by atoms with Gasteiger partial charge in [-0.1, -0.05) is 36.4 Å². The third-order valence-corrected chi connectivity index (χ3v) is 5.42. The molecule has 0 aliphatic heterocycles. The Morgan fingerprint density at radius 3 is 2.86 bits per heavy atom. The second kappa shape index (κ2) is 6.68. The Balaban J connectivity index is 1.48. The number of carbonyl (C=O) groups excluding carboxylic acids is 1. The van der Waals surface area contributed by atoms with Crippen LogP contribution in [0.2, 0.25) is 0 Å². The van der Waals surface area contributed by atoms with Crippen molar-refractivity contribution in [1.29, 1.82) is 0 Å². The molecule has 1 aliphatic carbocycles. The molecule has 2 heterocycles. The standard InChI is InChI=1S/C23H19FN3O/c24-19-8-6-17-7-9-22(23(28)20(17)12-19)27-21-10-11-26(15-18(21)13-25-27)14-16-4-2-1-3-5-16/h1-6,8,10-13,15,22H,7,9,14H2/q+1. The molecule has 2 aromatic carbocycles. The van der Waals surface area contributed by atoms with E-state index < -0.39 is 6.04 Å². The molecular formula is C23H19FN3O+. The summed E-state index contributed by atoms with van der Waals surface area (Å²) in [5, 5.41) is 5.48. The van der Waals surface area contributed by atoms with E-state index in [2.05, 4.69) is 21.8 Å². The minimum Gasteiger partial charge on any atom is -0.292 e. The van der Waals surface area contributed by atoms with Gasteiger partial charge >= 0.3 is 0 Å². The van der Waals surface area contributed by atoms with Gasteiger partial charge in [-0.05, 0) is 30.5 Å². The molecule has 28 heavy (non-hydrogen) atoms. The highest BCUT2D eigenvalue weighted by atomic mass is 19.1. The number of rotatable bonds is 3. The van der Waals surface area contributed by atoms with Gasteiger partial charge in [-0.3, -0.25) is 9.48 Å². The number of fused-ring (bicyclic) bond motifs is 2. The van der Waals surface area contributed by atoms with Gasteiger partial charge in [-0.15, -0.1) is 0 Å². The van der Waals surface area contributed by atoms with Crippen molar-refractivity contribution in [2.75, 3.05) is 0 Å². The Morgan fingerprint density at radius 1 is 1.14 bits per heavy atom. The number of hydrogen-bond acceptors (Lipinski definition) is 2. The highest BCUT2D eigenvalue weighted by molar-refractivity contribution is 6.02. The smallest absolute Gasteiger partial charge is 0.187 e. The van der Waals surface area contributed by atoms with E-state index in [0.717, 1.165) is 29.4 Å². The van der Waals surface area contributed by atoms with Gasteiger partial charge in [0.25, 0.3) is 0 Å². The molecule has 0 saturated heterocycles. The first-order chi connectivity index (χ1) is 13.7. The quantitative estimate of drug-likeness (QED) is 0.512. The molecule has 0 N–H and O–H groups in total. The van der Waals surface area contributed by atoms with Crippen LogP contribution in [0.1, 0.15) is 33.9 Å². The topological polar surface area (TPSA) is 38.8 Å². The van der Waals surface area contributed by atoms with Crippen LogP contribution in [-0.4, -0.2) is 15.6 Å². The number of Topliss-reactive ketones (excluding diaryl/α,β-unsaturated/α-hetero) is 1. The SMILES string of the molecule is O=C1c2cc(F)ccc2CCC1n1ncc2c[n+](Cc3ccccc3)ccc21. The van der Waals surface area contributed by atoms with Crippen molar-refractivity contribution >= 4 is 16.7 Å². The van der Waals surface area contributed by atoms with Gasteiger partial charge < -0.3 is 0 Å². The number of aryl methyl sites for hydroxylation is 1. The van der Waals surface area contributed by atoms with Crippen LogP contribution in [0.3, 0.4) is 0 Å². The predicted molar refractivity (Wildman–Crippen MR) is 104 cm³/mol. The number of nitrogens with zero attached hydrogens (tertiary/aromatic N) is 3. The average molecular weight is 372 g/mol. The zero-order chi connectivity index (χ0) is 19.1. The highest BCUT2D eigenvalue weighted by Crippen LogP contribution is 2.31. The minimum atomic E-state index is -0.392. The monoisotopic (exact) mass is 372 g/mol. The number of ketones is 1. The Bertz CT molecular complexity index is 1180. The lowest BCUT2D eigenvalue weighted by molar-refractivity contribution is -0.687. The highest BCUT2D eigenvalue weighted by Gasteiger charge is 2.30. The molecule has 1 aliphatic rings. The van der Waals surface area contributed by atoms with Gasteiger partial charge in [-0.2, -0.15) is 9.67 Å². The van der Waals surface area contributed by atoms with Gasteiger partial charge in [-0.25, -0.2) is 4.39 Å². The van der Waals surface area contributed by atoms with Crippen LogP contribution in [0.15, 0.2) is 73.2 Å². The summed E-state index contributed by atoms with van der Waals surface area (Å²) >= 11 is 0. The van der Waals surface area contributed by atoms with E-state index in [-0.39, 0.29) is 11.6 Å². The molecule has 0 spiro atoms. The first kappa shape index (κ1) is 16.8. The third-order valence-electron chi connectivity index (χ3n) is 5.42. The van der Waals surface area contributed by atoms with Gasteiger partial charge in [0.05, 0.1) is 17.1 Å². The Labute approximate surface area is 161 Å². The van der Waals surface area contributed by atoms with E-state index in [0.29, 0.717) is 12.0 Å². The molecule has 1 unspecified atom stereocenters. The van der Waals surface area contributed by atoms with Crippen LogP contribution in [0.4, 0.5) is 4.39 Å². The summed E-state index contributed by atoms with van der Waals surface area (Å²) in [6.07, 6.45) is 7.27. The first-order valence-corrected chi connectivity index (χ1v) is 9.42. The molecule has 0 radical (unpaired) electrons. The van der Waals surface area contributed by atoms with Gasteiger partial charge in [0.2, 0.25) is 0 Å². The minimum absolute atomic E-state index is 0.0632. The molecular weight excluding hydrogens is 353 g/mol. The Morgan fingerprint density at radius 2 is 2.00 bits per heavy atom. The maximum atomic E-state index is 13.6. The van der Waals surface area contributed by atoms with Crippen molar-refractivity contribution in [2.24, 2.45) is 0 Å². The molecule has 0 fully saturated rings. The van der Waals surface area contributed by atoms with Crippen LogP contribution >= 0.6 is 0 Å². The fourth-order valence-corrected chi connectivity index (χ4v) is 4.02. The summed E-state index contributed by atoms with van der Waals surface area (Å²) in [5.74, 6) is -0.438.